The molecule has 14 nitrogen and oxygen atoms in total. The first-order chi connectivity index (χ1) is 22.5. The number of nitrogens with one attached hydrogen (secondary N) is 2. The molecule has 3 aromatic rings. The van der Waals surface area contributed by atoms with Crippen LogP contribution in [-0.4, -0.2) is 134 Å². The number of likely N-dealkylation sites (N-methyl/N-ethyl adjacent to an activating group) is 2. The first-order valence-electron chi connectivity index (χ1n) is 16.1. The predicted molar refractivity (Wildman–Crippen MR) is 165 cm³/mol. The lowest BCUT2D eigenvalue weighted by atomic mass is 9.98. The van der Waals surface area contributed by atoms with E-state index in [0.717, 1.165) is 57.3 Å². The summed E-state index contributed by atoms with van der Waals surface area (Å²) in [7, 11) is 4.10. The van der Waals surface area contributed by atoms with Gasteiger partial charge >= 0.3 is 0 Å². The van der Waals surface area contributed by atoms with Crippen molar-refractivity contribution in [2.24, 2.45) is 0 Å². The minimum absolute atomic E-state index is 0.0554. The van der Waals surface area contributed by atoms with E-state index < -0.39 is 48.5 Å². The first kappa shape index (κ1) is 33.6. The molecule has 47 heavy (non-hydrogen) atoms. The summed E-state index contributed by atoms with van der Waals surface area (Å²) in [4.78, 5) is 20.8. The van der Waals surface area contributed by atoms with Crippen LogP contribution in [0.25, 0.3) is 22.1 Å². The zero-order chi connectivity index (χ0) is 33.4. The maximum Gasteiger partial charge on any atom is 0.229 e. The highest BCUT2D eigenvalue weighted by atomic mass is 16.7. The number of piperazine rings is 2. The molecule has 0 radical (unpaired) electrons. The van der Waals surface area contributed by atoms with Crippen LogP contribution in [0.5, 0.6) is 17.2 Å². The Morgan fingerprint density at radius 1 is 0.851 bits per heavy atom. The first-order valence-corrected chi connectivity index (χ1v) is 16.1. The van der Waals surface area contributed by atoms with E-state index >= 15 is 0 Å². The van der Waals surface area contributed by atoms with Gasteiger partial charge < -0.3 is 54.3 Å². The van der Waals surface area contributed by atoms with Gasteiger partial charge in [-0.3, -0.25) is 14.6 Å². The quantitative estimate of drug-likeness (QED) is 0.136. The molecule has 0 saturated carbocycles. The standard InChI is InChI=1S/C33H44N4O10/c1-34-7-11-36(12-8-34)15-21-26(39)22(16-37-13-9-35(2)10-14-37)32-25(27(21)40)28(41)23(18-45-32)19-3-5-20(6-4-19)46-33-31(44)30(43)29(42)24(17-38)47-33/h3-6,18,24,29-31,33,38-40,42-44H,7-17H2,1-2H3. The van der Waals surface area contributed by atoms with E-state index in [4.69, 9.17) is 13.9 Å². The van der Waals surface area contributed by atoms with E-state index in [0.29, 0.717) is 17.7 Å². The molecular formula is C33H44N4O10. The fourth-order valence-electron chi connectivity index (χ4n) is 6.69. The van der Waals surface area contributed by atoms with Gasteiger partial charge in [0.2, 0.25) is 6.29 Å². The molecule has 1 aromatic heterocycles. The van der Waals surface area contributed by atoms with E-state index in [1.165, 1.54) is 23.3 Å². The lowest BCUT2D eigenvalue weighted by Crippen LogP contribution is -3.13. The van der Waals surface area contributed by atoms with Crippen molar-refractivity contribution in [3.8, 4) is 28.4 Å². The predicted octanol–water partition coefficient (Wildman–Crippen LogP) is -4.55. The van der Waals surface area contributed by atoms with Crippen LogP contribution in [0.3, 0.4) is 0 Å². The molecule has 256 valence electrons. The van der Waals surface area contributed by atoms with E-state index in [1.807, 2.05) is 7.05 Å². The van der Waals surface area contributed by atoms with E-state index in [9.17, 15) is 35.4 Å². The van der Waals surface area contributed by atoms with Crippen LogP contribution in [0.1, 0.15) is 11.1 Å². The second kappa shape index (κ2) is 14.0. The van der Waals surface area contributed by atoms with Crippen molar-refractivity contribution in [3.05, 3.63) is 51.9 Å². The van der Waals surface area contributed by atoms with Crippen LogP contribution in [0.15, 0.2) is 39.7 Å². The minimum atomic E-state index is -1.59. The Bertz CT molecular complexity index is 1600. The van der Waals surface area contributed by atoms with Crippen LogP contribution < -0.4 is 30.2 Å². The number of aliphatic hydroxyl groups excluding tert-OH is 4. The summed E-state index contributed by atoms with van der Waals surface area (Å²) in [5.41, 5.74) is 0.610. The molecule has 5 atom stereocenters. The lowest BCUT2D eigenvalue weighted by molar-refractivity contribution is -0.918. The van der Waals surface area contributed by atoms with Crippen molar-refractivity contribution in [2.75, 3.05) is 73.1 Å². The van der Waals surface area contributed by atoms with E-state index in [1.54, 1.807) is 12.1 Å². The van der Waals surface area contributed by atoms with Crippen LogP contribution >= 0.6 is 0 Å². The number of fused-ring (bicyclic) bond motifs is 1. The molecule has 0 bridgehead atoms. The van der Waals surface area contributed by atoms with Crippen LogP contribution in [0, 0.1) is 0 Å². The molecule has 2 aromatic carbocycles. The smallest absolute Gasteiger partial charge is 0.229 e. The molecule has 6 N–H and O–H groups in total. The normalized spacial score (nSPS) is 27.0. The third-order valence-electron chi connectivity index (χ3n) is 9.82. The molecule has 6 rings (SSSR count). The zero-order valence-electron chi connectivity index (χ0n) is 26.7. The van der Waals surface area contributed by atoms with Crippen LogP contribution in [0.2, 0.25) is 0 Å². The Morgan fingerprint density at radius 2 is 1.43 bits per heavy atom. The molecule has 14 heteroatoms. The van der Waals surface area contributed by atoms with Crippen molar-refractivity contribution >= 4 is 11.0 Å². The van der Waals surface area contributed by atoms with E-state index in [2.05, 4.69) is 16.8 Å². The Morgan fingerprint density at radius 3 is 2.00 bits per heavy atom. The zero-order valence-corrected chi connectivity index (χ0v) is 26.7. The number of rotatable bonds is 8. The molecule has 3 saturated heterocycles. The van der Waals surface area contributed by atoms with Gasteiger partial charge in [0.05, 0.1) is 43.7 Å². The third kappa shape index (κ3) is 6.84. The summed E-state index contributed by atoms with van der Waals surface area (Å²) < 4.78 is 17.1. The summed E-state index contributed by atoms with van der Waals surface area (Å²) in [6.07, 6.45) is -5.89. The van der Waals surface area contributed by atoms with Gasteiger partial charge in [-0.25, -0.2) is 0 Å². The fraction of sp³-hybridized carbons (Fsp3) is 0.545. The fourth-order valence-corrected chi connectivity index (χ4v) is 6.69. The molecule has 0 aliphatic carbocycles. The average molecular weight is 657 g/mol. The van der Waals surface area contributed by atoms with Crippen molar-refractivity contribution in [2.45, 2.75) is 43.8 Å². The Balaban J connectivity index is 1.33. The SMILES string of the molecule is CN1CC[NH+](Cc2c([O-])c(C[NH+]3CCN(C)CC3)c3occ(-c4ccc(OC5OC(CO)C(O)C(O)C5O)cc4)c(=O)c3c2[O-])CC1. The average Bonchev–Trinajstić information content (AvgIpc) is 3.07. The van der Waals surface area contributed by atoms with Gasteiger partial charge in [-0.2, -0.15) is 0 Å². The van der Waals surface area contributed by atoms with Gasteiger partial charge in [0.25, 0.3) is 0 Å². The highest BCUT2D eigenvalue weighted by Gasteiger charge is 2.44. The summed E-state index contributed by atoms with van der Waals surface area (Å²) in [6, 6.07) is 6.19. The van der Waals surface area contributed by atoms with Gasteiger partial charge in [-0.15, -0.1) is 0 Å². The molecule has 0 spiro atoms. The number of benzene rings is 2. The molecule has 3 aliphatic rings. The number of hydrogen-bond acceptors (Lipinski definition) is 12. The summed E-state index contributed by atoms with van der Waals surface area (Å²) in [5.74, 6) is -0.684. The van der Waals surface area contributed by atoms with Gasteiger partial charge in [0.1, 0.15) is 55.1 Å². The van der Waals surface area contributed by atoms with Crippen LogP contribution in [-0.2, 0) is 17.8 Å². The molecule has 0 amide bonds. The number of hydrogen-bond donors (Lipinski definition) is 6. The second-order valence-corrected chi connectivity index (χ2v) is 13.1. The maximum atomic E-state index is 14.1. The summed E-state index contributed by atoms with van der Waals surface area (Å²) >= 11 is 0. The highest BCUT2D eigenvalue weighted by Crippen LogP contribution is 2.36. The summed E-state index contributed by atoms with van der Waals surface area (Å²) in [6.45, 7) is 6.72. The summed E-state index contributed by atoms with van der Waals surface area (Å²) in [5, 5.41) is 67.7. The third-order valence-corrected chi connectivity index (χ3v) is 9.82. The number of quaternary nitrogens is 2. The molecule has 3 fully saturated rings. The van der Waals surface area contributed by atoms with Crippen molar-refractivity contribution in [1.29, 1.82) is 0 Å². The van der Waals surface area contributed by atoms with Gasteiger partial charge in [0.15, 0.2) is 5.43 Å². The molecule has 4 heterocycles. The van der Waals surface area contributed by atoms with Gasteiger partial charge in [-0.05, 0) is 37.4 Å². The van der Waals surface area contributed by atoms with Crippen LogP contribution in [0.4, 0.5) is 0 Å². The van der Waals surface area contributed by atoms with Crippen molar-refractivity contribution in [3.63, 3.8) is 0 Å². The van der Waals surface area contributed by atoms with Gasteiger partial charge in [0, 0.05) is 31.7 Å². The Kier molecular flexibility index (Phi) is 10.0. The maximum absolute atomic E-state index is 14.1. The van der Waals surface area contributed by atoms with E-state index in [-0.39, 0.29) is 40.1 Å². The largest absolute Gasteiger partial charge is 0.872 e. The van der Waals surface area contributed by atoms with Crippen molar-refractivity contribution in [1.82, 2.24) is 9.80 Å². The number of ether oxygens (including phenoxy) is 2. The Labute approximate surface area is 272 Å². The minimum Gasteiger partial charge on any atom is -0.872 e. The molecule has 5 unspecified atom stereocenters. The molecule has 3 aliphatic heterocycles. The lowest BCUT2D eigenvalue weighted by Gasteiger charge is -2.39. The van der Waals surface area contributed by atoms with Gasteiger partial charge in [-0.1, -0.05) is 23.6 Å². The monoisotopic (exact) mass is 656 g/mol. The second-order valence-electron chi connectivity index (χ2n) is 13.1. The number of aliphatic hydroxyl groups is 4. The topological polar surface area (TPSA) is 191 Å². The number of nitrogens with zero attached hydrogens (tertiary/aromatic N) is 2. The van der Waals surface area contributed by atoms with Crippen molar-refractivity contribution < 1.29 is 54.3 Å². The Hall–Kier alpha value is -3.31. The molecular weight excluding hydrogens is 612 g/mol. The highest BCUT2D eigenvalue weighted by molar-refractivity contribution is 5.92.